The summed E-state index contributed by atoms with van der Waals surface area (Å²) < 4.78 is 0. The lowest BCUT2D eigenvalue weighted by Gasteiger charge is -2.18. The first-order valence-electron chi connectivity index (χ1n) is 5.31. The van der Waals surface area contributed by atoms with Crippen LogP contribution in [0, 0.1) is 5.92 Å². The van der Waals surface area contributed by atoms with Crippen molar-refractivity contribution in [3.63, 3.8) is 0 Å². The number of rotatable bonds is 6. The molecule has 1 N–H and O–H groups in total. The average Bonchev–Trinajstić information content (AvgIpc) is 2.24. The van der Waals surface area contributed by atoms with Gasteiger partial charge in [-0.15, -0.1) is 13.2 Å². The molecule has 0 aromatic carbocycles. The third kappa shape index (κ3) is 5.34. The normalized spacial score (nSPS) is 9.69. The van der Waals surface area contributed by atoms with E-state index in [1.54, 1.807) is 12.2 Å². The van der Waals surface area contributed by atoms with Crippen molar-refractivity contribution in [3.8, 4) is 0 Å². The van der Waals surface area contributed by atoms with Crippen LogP contribution in [0.1, 0.15) is 13.8 Å². The van der Waals surface area contributed by atoms with Crippen LogP contribution in [0.4, 0.5) is 0 Å². The second-order valence-electron chi connectivity index (χ2n) is 3.89. The van der Waals surface area contributed by atoms with Gasteiger partial charge in [0.25, 0.3) is 0 Å². The van der Waals surface area contributed by atoms with Gasteiger partial charge in [0.05, 0.1) is 0 Å². The van der Waals surface area contributed by atoms with Crippen molar-refractivity contribution >= 4 is 11.8 Å². The van der Waals surface area contributed by atoms with E-state index in [-0.39, 0.29) is 0 Å². The van der Waals surface area contributed by atoms with E-state index in [2.05, 4.69) is 18.5 Å². The highest BCUT2D eigenvalue weighted by Gasteiger charge is 2.19. The monoisotopic (exact) mass is 224 g/mol. The van der Waals surface area contributed by atoms with Crippen LogP contribution in [0.25, 0.3) is 0 Å². The van der Waals surface area contributed by atoms with Crippen LogP contribution in [-0.4, -0.2) is 36.3 Å². The predicted molar refractivity (Wildman–Crippen MR) is 64.8 cm³/mol. The van der Waals surface area contributed by atoms with E-state index in [9.17, 15) is 9.59 Å². The van der Waals surface area contributed by atoms with Crippen LogP contribution >= 0.6 is 0 Å². The van der Waals surface area contributed by atoms with Gasteiger partial charge in [-0.05, 0) is 5.92 Å². The summed E-state index contributed by atoms with van der Waals surface area (Å²) in [6.45, 7) is 12.2. The minimum atomic E-state index is -0.572. The average molecular weight is 224 g/mol. The summed E-state index contributed by atoms with van der Waals surface area (Å²) >= 11 is 0. The van der Waals surface area contributed by atoms with E-state index in [0.29, 0.717) is 25.6 Å². The van der Waals surface area contributed by atoms with Gasteiger partial charge in [0.2, 0.25) is 0 Å². The zero-order valence-electron chi connectivity index (χ0n) is 10.0. The summed E-state index contributed by atoms with van der Waals surface area (Å²) in [4.78, 5) is 24.5. The Kier molecular flexibility index (Phi) is 6.92. The Labute approximate surface area is 97.0 Å². The van der Waals surface area contributed by atoms with Crippen LogP contribution in [0.2, 0.25) is 0 Å². The standard InChI is InChI=1S/C12H20N2O2/c1-5-7-14(8-6-2)12(16)11(15)13-9-10(3)4/h5-6,10H,1-2,7-9H2,3-4H3,(H,13,15). The first-order valence-corrected chi connectivity index (χ1v) is 5.31. The second kappa shape index (κ2) is 7.68. The molecule has 0 bridgehead atoms. The molecule has 0 aliphatic rings. The van der Waals surface area contributed by atoms with Gasteiger partial charge in [-0.3, -0.25) is 9.59 Å². The molecule has 0 radical (unpaired) electrons. The molecule has 0 unspecified atom stereocenters. The number of nitrogens with one attached hydrogen (secondary N) is 1. The summed E-state index contributed by atoms with van der Waals surface area (Å²) in [6.07, 6.45) is 3.16. The van der Waals surface area contributed by atoms with Crippen molar-refractivity contribution in [2.75, 3.05) is 19.6 Å². The largest absolute Gasteiger partial charge is 0.348 e. The number of hydrogen-bond donors (Lipinski definition) is 1. The highest BCUT2D eigenvalue weighted by Crippen LogP contribution is 1.93. The molecule has 2 amide bonds. The molecule has 0 aliphatic carbocycles. The number of carbonyl (C=O) groups excluding carboxylic acids is 2. The Balaban J connectivity index is 4.30. The van der Waals surface area contributed by atoms with E-state index in [4.69, 9.17) is 0 Å². The highest BCUT2D eigenvalue weighted by atomic mass is 16.2. The van der Waals surface area contributed by atoms with Gasteiger partial charge in [-0.1, -0.05) is 26.0 Å². The molecule has 90 valence electrons. The fraction of sp³-hybridized carbons (Fsp3) is 0.500. The molecule has 4 heteroatoms. The zero-order valence-corrected chi connectivity index (χ0v) is 10.0. The maximum Gasteiger partial charge on any atom is 0.312 e. The molecule has 0 rings (SSSR count). The number of hydrogen-bond acceptors (Lipinski definition) is 2. The van der Waals surface area contributed by atoms with Crippen LogP contribution in [0.3, 0.4) is 0 Å². The Morgan fingerprint density at radius 2 is 1.75 bits per heavy atom. The predicted octanol–water partition coefficient (Wildman–Crippen LogP) is 0.959. The summed E-state index contributed by atoms with van der Waals surface area (Å²) in [5.74, 6) is -0.790. The fourth-order valence-corrected chi connectivity index (χ4v) is 1.07. The van der Waals surface area contributed by atoms with Crippen LogP contribution in [0.15, 0.2) is 25.3 Å². The minimum Gasteiger partial charge on any atom is -0.348 e. The van der Waals surface area contributed by atoms with Crippen molar-refractivity contribution in [2.24, 2.45) is 5.92 Å². The van der Waals surface area contributed by atoms with Crippen LogP contribution < -0.4 is 5.32 Å². The van der Waals surface area contributed by atoms with Crippen molar-refractivity contribution in [1.29, 1.82) is 0 Å². The van der Waals surface area contributed by atoms with Gasteiger partial charge >= 0.3 is 11.8 Å². The van der Waals surface area contributed by atoms with E-state index in [0.717, 1.165) is 0 Å². The summed E-state index contributed by atoms with van der Waals surface area (Å²) in [5, 5.41) is 2.58. The summed E-state index contributed by atoms with van der Waals surface area (Å²) in [7, 11) is 0. The second-order valence-corrected chi connectivity index (χ2v) is 3.89. The van der Waals surface area contributed by atoms with Crippen LogP contribution in [0.5, 0.6) is 0 Å². The molecule has 0 aromatic heterocycles. The quantitative estimate of drug-likeness (QED) is 0.539. The Morgan fingerprint density at radius 1 is 1.25 bits per heavy atom. The summed E-state index contributed by atoms with van der Waals surface area (Å²) in [6, 6.07) is 0. The zero-order chi connectivity index (χ0) is 12.6. The smallest absolute Gasteiger partial charge is 0.312 e. The molecule has 0 aromatic rings. The first-order chi connectivity index (χ1) is 7.52. The third-order valence-corrected chi connectivity index (χ3v) is 1.85. The van der Waals surface area contributed by atoms with Crippen molar-refractivity contribution in [2.45, 2.75) is 13.8 Å². The van der Waals surface area contributed by atoms with E-state index in [1.807, 2.05) is 13.8 Å². The SMILES string of the molecule is C=CCN(CC=C)C(=O)C(=O)NCC(C)C. The van der Waals surface area contributed by atoms with Crippen molar-refractivity contribution < 1.29 is 9.59 Å². The van der Waals surface area contributed by atoms with Crippen molar-refractivity contribution in [3.05, 3.63) is 25.3 Å². The van der Waals surface area contributed by atoms with Gasteiger partial charge in [0.15, 0.2) is 0 Å². The Morgan fingerprint density at radius 3 is 2.12 bits per heavy atom. The van der Waals surface area contributed by atoms with Gasteiger partial charge in [-0.2, -0.15) is 0 Å². The lowest BCUT2D eigenvalue weighted by Crippen LogP contribution is -2.44. The molecule has 0 saturated heterocycles. The Hall–Kier alpha value is -1.58. The van der Waals surface area contributed by atoms with Gasteiger partial charge < -0.3 is 10.2 Å². The van der Waals surface area contributed by atoms with Crippen molar-refractivity contribution in [1.82, 2.24) is 10.2 Å². The van der Waals surface area contributed by atoms with Gasteiger partial charge in [-0.25, -0.2) is 0 Å². The molecule has 0 spiro atoms. The van der Waals surface area contributed by atoms with Crippen LogP contribution in [-0.2, 0) is 9.59 Å². The molecule has 0 heterocycles. The first kappa shape index (κ1) is 14.4. The maximum atomic E-state index is 11.7. The molecule has 0 aliphatic heterocycles. The molecule has 0 saturated carbocycles. The fourth-order valence-electron chi connectivity index (χ4n) is 1.07. The van der Waals surface area contributed by atoms with E-state index < -0.39 is 11.8 Å². The molecular weight excluding hydrogens is 204 g/mol. The maximum absolute atomic E-state index is 11.7. The third-order valence-electron chi connectivity index (χ3n) is 1.85. The Bertz CT molecular complexity index is 262. The van der Waals surface area contributed by atoms with Gasteiger partial charge in [0.1, 0.15) is 0 Å². The molecule has 16 heavy (non-hydrogen) atoms. The number of carbonyl (C=O) groups is 2. The minimum absolute atomic E-state index is 0.323. The molecular formula is C12H20N2O2. The molecule has 0 fully saturated rings. The number of amides is 2. The summed E-state index contributed by atoms with van der Waals surface area (Å²) in [5.41, 5.74) is 0. The van der Waals surface area contributed by atoms with E-state index in [1.165, 1.54) is 4.90 Å². The molecule has 0 atom stereocenters. The van der Waals surface area contributed by atoms with Gasteiger partial charge in [0, 0.05) is 19.6 Å². The number of nitrogens with zero attached hydrogens (tertiary/aromatic N) is 1. The topological polar surface area (TPSA) is 49.4 Å². The highest BCUT2D eigenvalue weighted by molar-refractivity contribution is 6.35. The molecule has 4 nitrogen and oxygen atoms in total. The lowest BCUT2D eigenvalue weighted by atomic mass is 10.2. The van der Waals surface area contributed by atoms with E-state index >= 15 is 0 Å². The lowest BCUT2D eigenvalue weighted by molar-refractivity contribution is -0.145.